The third kappa shape index (κ3) is 7.88. The van der Waals surface area contributed by atoms with Gasteiger partial charge in [-0.3, -0.25) is 0 Å². The van der Waals surface area contributed by atoms with Gasteiger partial charge in [0.25, 0.3) is 0 Å². The highest BCUT2D eigenvalue weighted by molar-refractivity contribution is 6.17. The maximum atomic E-state index is 10.2. The van der Waals surface area contributed by atoms with Gasteiger partial charge in [-0.2, -0.15) is 0 Å². The van der Waals surface area contributed by atoms with Crippen LogP contribution < -0.4 is 0 Å². The van der Waals surface area contributed by atoms with Crippen LogP contribution in [-0.4, -0.2) is 20.2 Å². The molecular weight excluding hydrogens is 228 g/mol. The van der Waals surface area contributed by atoms with Crippen LogP contribution in [0.15, 0.2) is 42.7 Å². The molecule has 0 amide bonds. The lowest BCUT2D eigenvalue weighted by Crippen LogP contribution is -1.93. The number of carbonyl (C=O) groups excluding carboxylic acids is 1. The Bertz CT molecular complexity index is 309. The van der Waals surface area contributed by atoms with Gasteiger partial charge in [0, 0.05) is 5.88 Å². The smallest absolute Gasteiger partial charge is 0.333 e. The summed E-state index contributed by atoms with van der Waals surface area (Å²) < 4.78 is 8.68. The summed E-state index contributed by atoms with van der Waals surface area (Å²) in [5.41, 5.74) is 1.18. The molecule has 0 saturated carbocycles. The second kappa shape index (κ2) is 10.1. The summed E-state index contributed by atoms with van der Waals surface area (Å²) in [6, 6.07) is 9.96. The van der Waals surface area contributed by atoms with E-state index in [0.717, 1.165) is 0 Å². The molecule has 4 heteroatoms. The number of rotatable bonds is 3. The second-order valence-electron chi connectivity index (χ2n) is 2.68. The Morgan fingerprint density at radius 2 is 1.94 bits per heavy atom. The number of esters is 1. The van der Waals surface area contributed by atoms with E-state index in [1.165, 1.54) is 32.1 Å². The first-order valence-electron chi connectivity index (χ1n) is 4.61. The van der Waals surface area contributed by atoms with Gasteiger partial charge in [-0.1, -0.05) is 30.3 Å². The fourth-order valence-electron chi connectivity index (χ4n) is 0.759. The molecule has 0 aliphatic heterocycles. The van der Waals surface area contributed by atoms with Gasteiger partial charge in [0.05, 0.1) is 26.6 Å². The summed E-state index contributed by atoms with van der Waals surface area (Å²) in [7, 11) is 2.77. The van der Waals surface area contributed by atoms with Crippen molar-refractivity contribution >= 4 is 17.6 Å². The molecule has 3 nitrogen and oxygen atoms in total. The Hall–Kier alpha value is -1.48. The average molecular weight is 243 g/mol. The van der Waals surface area contributed by atoms with Crippen molar-refractivity contribution in [2.45, 2.75) is 5.88 Å². The van der Waals surface area contributed by atoms with Crippen LogP contribution in [0, 0.1) is 0 Å². The largest absolute Gasteiger partial charge is 0.504 e. The van der Waals surface area contributed by atoms with Crippen LogP contribution in [0.1, 0.15) is 5.56 Å². The molecule has 0 saturated heterocycles. The van der Waals surface area contributed by atoms with Gasteiger partial charge in [-0.15, -0.1) is 11.6 Å². The van der Waals surface area contributed by atoms with Gasteiger partial charge in [0.15, 0.2) is 0 Å². The van der Waals surface area contributed by atoms with E-state index in [4.69, 9.17) is 11.6 Å². The Balaban J connectivity index is 0.000000281. The molecule has 16 heavy (non-hydrogen) atoms. The van der Waals surface area contributed by atoms with E-state index in [2.05, 4.69) is 9.47 Å². The highest BCUT2D eigenvalue weighted by Crippen LogP contribution is 2.00. The van der Waals surface area contributed by atoms with E-state index in [1.807, 2.05) is 30.3 Å². The molecule has 0 radical (unpaired) electrons. The van der Waals surface area contributed by atoms with Crippen LogP contribution in [0.25, 0.3) is 0 Å². The number of methoxy groups -OCH3 is 2. The number of halogens is 1. The van der Waals surface area contributed by atoms with Gasteiger partial charge in [0.2, 0.25) is 0 Å². The monoisotopic (exact) mass is 242 g/mol. The summed E-state index contributed by atoms with van der Waals surface area (Å²) >= 11 is 5.53. The first-order chi connectivity index (χ1) is 7.74. The lowest BCUT2D eigenvalue weighted by Gasteiger charge is -1.88. The molecule has 88 valence electrons. The molecule has 0 atom stereocenters. The van der Waals surface area contributed by atoms with E-state index in [9.17, 15) is 4.79 Å². The molecule has 0 bridgehead atoms. The predicted molar refractivity (Wildman–Crippen MR) is 64.2 cm³/mol. The van der Waals surface area contributed by atoms with Crippen molar-refractivity contribution in [3.05, 3.63) is 48.2 Å². The molecular formula is C12H15ClO3. The summed E-state index contributed by atoms with van der Waals surface area (Å²) in [4.78, 5) is 10.2. The molecule has 0 heterocycles. The van der Waals surface area contributed by atoms with Crippen molar-refractivity contribution < 1.29 is 14.3 Å². The third-order valence-corrected chi connectivity index (χ3v) is 1.85. The molecule has 0 aliphatic rings. The lowest BCUT2D eigenvalue weighted by molar-refractivity contribution is -0.134. The number of alkyl halides is 1. The van der Waals surface area contributed by atoms with Gasteiger partial charge < -0.3 is 9.47 Å². The zero-order valence-electron chi connectivity index (χ0n) is 9.35. The van der Waals surface area contributed by atoms with Crippen molar-refractivity contribution in [2.75, 3.05) is 14.2 Å². The maximum Gasteiger partial charge on any atom is 0.333 e. The molecule has 1 aromatic carbocycles. The van der Waals surface area contributed by atoms with E-state index in [1.54, 1.807) is 0 Å². The number of benzene rings is 1. The number of carbonyl (C=O) groups is 1. The number of hydrogen-bond acceptors (Lipinski definition) is 3. The Kier molecular flexibility index (Phi) is 9.12. The second-order valence-corrected chi connectivity index (χ2v) is 2.95. The highest BCUT2D eigenvalue weighted by Gasteiger charge is 1.86. The number of hydrogen-bond donors (Lipinski definition) is 0. The molecule has 0 N–H and O–H groups in total. The van der Waals surface area contributed by atoms with E-state index in [0.29, 0.717) is 5.88 Å². The summed E-state index contributed by atoms with van der Waals surface area (Å²) in [5.74, 6) is 0.202. The van der Waals surface area contributed by atoms with Crippen molar-refractivity contribution in [2.24, 2.45) is 0 Å². The van der Waals surface area contributed by atoms with Crippen molar-refractivity contribution in [3.8, 4) is 0 Å². The van der Waals surface area contributed by atoms with Crippen LogP contribution in [0.4, 0.5) is 0 Å². The molecule has 0 spiro atoms. The van der Waals surface area contributed by atoms with Gasteiger partial charge in [-0.25, -0.2) is 4.79 Å². The summed E-state index contributed by atoms with van der Waals surface area (Å²) in [6.07, 6.45) is 2.45. The minimum Gasteiger partial charge on any atom is -0.504 e. The van der Waals surface area contributed by atoms with Gasteiger partial charge in [-0.05, 0) is 5.56 Å². The molecule has 0 aliphatic carbocycles. The normalized spacial score (nSPS) is 9.19. The molecule has 1 rings (SSSR count). The minimum absolute atomic E-state index is 0.410. The summed E-state index contributed by atoms with van der Waals surface area (Å²) in [6.45, 7) is 0. The molecule has 1 aromatic rings. The lowest BCUT2D eigenvalue weighted by atomic mass is 10.2. The summed E-state index contributed by atoms with van der Waals surface area (Å²) in [5, 5.41) is 0. The molecule has 0 fully saturated rings. The van der Waals surface area contributed by atoms with Crippen LogP contribution >= 0.6 is 11.6 Å². The van der Waals surface area contributed by atoms with Gasteiger partial charge in [0.1, 0.15) is 0 Å². The third-order valence-electron chi connectivity index (χ3n) is 1.54. The standard InChI is InChI=1S/C7H7Cl.C5H8O3/c8-6-7-4-2-1-3-5-7;1-7-4-3-5(6)8-2/h1-5H,6H2;3-4H,1-2H3/b;4-3+. The number of ether oxygens (including phenoxy) is 2. The van der Waals surface area contributed by atoms with E-state index < -0.39 is 5.97 Å². The Morgan fingerprint density at radius 3 is 2.31 bits per heavy atom. The van der Waals surface area contributed by atoms with Crippen molar-refractivity contribution in [1.29, 1.82) is 0 Å². The SMILES string of the molecule is CO/C=C/C(=O)OC.ClCc1ccccc1. The predicted octanol–water partition coefficient (Wildman–Crippen LogP) is 2.74. The maximum absolute atomic E-state index is 10.2. The highest BCUT2D eigenvalue weighted by atomic mass is 35.5. The van der Waals surface area contributed by atoms with Crippen LogP contribution in [-0.2, 0) is 20.1 Å². The zero-order chi connectivity index (χ0) is 12.2. The fourth-order valence-corrected chi connectivity index (χ4v) is 0.937. The van der Waals surface area contributed by atoms with Crippen LogP contribution in [0.5, 0.6) is 0 Å². The van der Waals surface area contributed by atoms with Gasteiger partial charge >= 0.3 is 5.97 Å². The Labute approximate surface area is 101 Å². The average Bonchev–Trinajstić information content (AvgIpc) is 2.37. The van der Waals surface area contributed by atoms with Crippen molar-refractivity contribution in [3.63, 3.8) is 0 Å². The molecule has 0 aromatic heterocycles. The molecule has 0 unspecified atom stereocenters. The quantitative estimate of drug-likeness (QED) is 0.354. The van der Waals surface area contributed by atoms with Crippen LogP contribution in [0.2, 0.25) is 0 Å². The van der Waals surface area contributed by atoms with Crippen molar-refractivity contribution in [1.82, 2.24) is 0 Å². The van der Waals surface area contributed by atoms with E-state index >= 15 is 0 Å². The Morgan fingerprint density at radius 1 is 1.31 bits per heavy atom. The van der Waals surface area contributed by atoms with Crippen LogP contribution in [0.3, 0.4) is 0 Å². The topological polar surface area (TPSA) is 35.5 Å². The zero-order valence-corrected chi connectivity index (χ0v) is 10.1. The minimum atomic E-state index is -0.410. The first kappa shape index (κ1) is 14.5. The van der Waals surface area contributed by atoms with E-state index in [-0.39, 0.29) is 0 Å². The first-order valence-corrected chi connectivity index (χ1v) is 5.15. The fraction of sp³-hybridized carbons (Fsp3) is 0.250.